The normalized spacial score (nSPS) is 21.2. The van der Waals surface area contributed by atoms with Crippen molar-refractivity contribution in [2.75, 3.05) is 16.8 Å². The minimum Gasteiger partial charge on any atom is -0.508 e. The van der Waals surface area contributed by atoms with E-state index in [1.807, 2.05) is 41.4 Å². The first-order valence-corrected chi connectivity index (χ1v) is 8.66. The molecule has 1 spiro atoms. The average molecular weight is 346 g/mol. The van der Waals surface area contributed by atoms with Crippen molar-refractivity contribution in [2.45, 2.75) is 18.4 Å². The summed E-state index contributed by atoms with van der Waals surface area (Å²) in [5.41, 5.74) is 4.32. The number of nitrogens with one attached hydrogen (secondary N) is 2. The number of aromatic amines is 1. The number of H-pyrrole nitrogens is 1. The molecular weight excluding hydrogens is 328 g/mol. The van der Waals surface area contributed by atoms with Gasteiger partial charge in [-0.2, -0.15) is 5.10 Å². The van der Waals surface area contributed by atoms with E-state index in [0.717, 1.165) is 34.5 Å². The molecule has 0 aliphatic carbocycles. The van der Waals surface area contributed by atoms with Crippen molar-refractivity contribution < 1.29 is 9.90 Å². The number of carbonyl (C=O) groups excluding carboxylic acids is 1. The molecule has 3 heterocycles. The summed E-state index contributed by atoms with van der Waals surface area (Å²) < 4.78 is 0. The van der Waals surface area contributed by atoms with E-state index in [9.17, 15) is 9.90 Å². The highest BCUT2D eigenvalue weighted by Crippen LogP contribution is 2.41. The summed E-state index contributed by atoms with van der Waals surface area (Å²) in [6.07, 6.45) is 5.02. The van der Waals surface area contributed by atoms with Gasteiger partial charge in [-0.25, -0.2) is 0 Å². The number of carbonyl (C=O) groups is 1. The largest absolute Gasteiger partial charge is 0.508 e. The lowest BCUT2D eigenvalue weighted by molar-refractivity contribution is -0.120. The van der Waals surface area contributed by atoms with Crippen LogP contribution in [0.1, 0.15) is 12.0 Å². The Bertz CT molecular complexity index is 982. The van der Waals surface area contributed by atoms with Crippen molar-refractivity contribution in [3.05, 3.63) is 60.4 Å². The summed E-state index contributed by atoms with van der Waals surface area (Å²) in [6, 6.07) is 13.2. The van der Waals surface area contributed by atoms with Crippen molar-refractivity contribution in [1.29, 1.82) is 0 Å². The van der Waals surface area contributed by atoms with Crippen LogP contribution >= 0.6 is 0 Å². The molecule has 26 heavy (non-hydrogen) atoms. The van der Waals surface area contributed by atoms with Gasteiger partial charge < -0.3 is 15.3 Å². The number of amides is 1. The summed E-state index contributed by atoms with van der Waals surface area (Å²) in [4.78, 5) is 15.0. The van der Waals surface area contributed by atoms with E-state index in [1.54, 1.807) is 18.3 Å². The zero-order chi connectivity index (χ0) is 17.7. The number of phenols is 1. The molecule has 2 aliphatic heterocycles. The Morgan fingerprint density at radius 2 is 1.96 bits per heavy atom. The molecule has 6 nitrogen and oxygen atoms in total. The fourth-order valence-corrected chi connectivity index (χ4v) is 4.00. The molecule has 130 valence electrons. The van der Waals surface area contributed by atoms with Crippen LogP contribution in [0, 0.1) is 0 Å². The van der Waals surface area contributed by atoms with Gasteiger partial charge in [0.1, 0.15) is 11.3 Å². The predicted molar refractivity (Wildman–Crippen MR) is 99.2 cm³/mol. The van der Waals surface area contributed by atoms with Gasteiger partial charge in [-0.05, 0) is 35.7 Å². The number of aromatic hydroxyl groups is 1. The van der Waals surface area contributed by atoms with Crippen LogP contribution in [0.5, 0.6) is 5.75 Å². The summed E-state index contributed by atoms with van der Waals surface area (Å²) in [7, 11) is 0. The zero-order valence-electron chi connectivity index (χ0n) is 14.1. The third-order valence-electron chi connectivity index (χ3n) is 5.39. The third-order valence-corrected chi connectivity index (χ3v) is 5.39. The van der Waals surface area contributed by atoms with E-state index < -0.39 is 5.54 Å². The molecule has 5 rings (SSSR count). The maximum Gasteiger partial charge on any atom is 0.253 e. The molecule has 2 aliphatic rings. The molecule has 6 heteroatoms. The Morgan fingerprint density at radius 1 is 1.12 bits per heavy atom. The first kappa shape index (κ1) is 15.0. The van der Waals surface area contributed by atoms with Gasteiger partial charge in [0, 0.05) is 42.2 Å². The van der Waals surface area contributed by atoms with Crippen LogP contribution in [0.4, 0.5) is 11.4 Å². The van der Waals surface area contributed by atoms with E-state index in [1.165, 1.54) is 0 Å². The molecule has 1 fully saturated rings. The first-order chi connectivity index (χ1) is 12.6. The van der Waals surface area contributed by atoms with E-state index in [2.05, 4.69) is 15.5 Å². The van der Waals surface area contributed by atoms with Crippen LogP contribution in [0.3, 0.4) is 0 Å². The molecule has 3 aromatic rings. The summed E-state index contributed by atoms with van der Waals surface area (Å²) >= 11 is 0. The van der Waals surface area contributed by atoms with Gasteiger partial charge in [-0.3, -0.25) is 9.89 Å². The fraction of sp³-hybridized carbons (Fsp3) is 0.200. The quantitative estimate of drug-likeness (QED) is 0.666. The van der Waals surface area contributed by atoms with Crippen LogP contribution in [0.2, 0.25) is 0 Å². The number of hydrogen-bond acceptors (Lipinski definition) is 4. The van der Waals surface area contributed by atoms with Gasteiger partial charge >= 0.3 is 0 Å². The topological polar surface area (TPSA) is 81.2 Å². The Hall–Kier alpha value is -3.28. The Balaban J connectivity index is 1.40. The van der Waals surface area contributed by atoms with E-state index >= 15 is 0 Å². The van der Waals surface area contributed by atoms with E-state index in [-0.39, 0.29) is 11.7 Å². The molecule has 0 radical (unpaired) electrons. The van der Waals surface area contributed by atoms with Crippen molar-refractivity contribution in [3.63, 3.8) is 0 Å². The standard InChI is InChI=1S/C20H18N4O2/c25-17-6-3-14-10-20(23-18(14)9-17)7-8-24(19(20)26)16-4-1-13(2-5-16)15-11-21-22-12-15/h1-6,9,11-12,23,25H,7-8,10H2,(H,21,22). The highest BCUT2D eigenvalue weighted by molar-refractivity contribution is 6.06. The highest BCUT2D eigenvalue weighted by Gasteiger charge is 2.50. The second kappa shape index (κ2) is 5.36. The van der Waals surface area contributed by atoms with Crippen molar-refractivity contribution in [3.8, 4) is 16.9 Å². The summed E-state index contributed by atoms with van der Waals surface area (Å²) in [6.45, 7) is 0.677. The fourth-order valence-electron chi connectivity index (χ4n) is 4.00. The van der Waals surface area contributed by atoms with E-state index in [0.29, 0.717) is 13.0 Å². The van der Waals surface area contributed by atoms with Gasteiger partial charge in [-0.1, -0.05) is 18.2 Å². The van der Waals surface area contributed by atoms with Crippen molar-refractivity contribution >= 4 is 17.3 Å². The molecule has 1 amide bonds. The maximum atomic E-state index is 13.2. The highest BCUT2D eigenvalue weighted by atomic mass is 16.3. The van der Waals surface area contributed by atoms with Gasteiger partial charge in [0.05, 0.1) is 6.20 Å². The zero-order valence-corrected chi connectivity index (χ0v) is 14.1. The number of rotatable bonds is 2. The summed E-state index contributed by atoms with van der Waals surface area (Å²) in [5.74, 6) is 0.301. The Labute approximate surface area is 150 Å². The minimum atomic E-state index is -0.598. The van der Waals surface area contributed by atoms with Gasteiger partial charge in [-0.15, -0.1) is 0 Å². The molecule has 2 aromatic carbocycles. The molecule has 1 saturated heterocycles. The second-order valence-corrected chi connectivity index (χ2v) is 6.97. The second-order valence-electron chi connectivity index (χ2n) is 6.97. The van der Waals surface area contributed by atoms with Gasteiger partial charge in [0.25, 0.3) is 5.91 Å². The van der Waals surface area contributed by atoms with Crippen molar-refractivity contribution in [2.24, 2.45) is 0 Å². The number of anilines is 2. The Morgan fingerprint density at radius 3 is 2.73 bits per heavy atom. The third kappa shape index (κ3) is 2.19. The summed E-state index contributed by atoms with van der Waals surface area (Å²) in [5, 5.41) is 19.8. The van der Waals surface area contributed by atoms with Crippen LogP contribution in [-0.2, 0) is 11.2 Å². The first-order valence-electron chi connectivity index (χ1n) is 8.66. The lowest BCUT2D eigenvalue weighted by Crippen LogP contribution is -2.45. The smallest absolute Gasteiger partial charge is 0.253 e. The predicted octanol–water partition coefficient (Wildman–Crippen LogP) is 2.93. The monoisotopic (exact) mass is 346 g/mol. The minimum absolute atomic E-state index is 0.0873. The molecule has 1 unspecified atom stereocenters. The van der Waals surface area contributed by atoms with Crippen LogP contribution in [0.15, 0.2) is 54.9 Å². The van der Waals surface area contributed by atoms with Crippen molar-refractivity contribution in [1.82, 2.24) is 10.2 Å². The van der Waals surface area contributed by atoms with Crippen LogP contribution in [-0.4, -0.2) is 33.3 Å². The molecule has 0 saturated carbocycles. The molecule has 1 atom stereocenters. The lowest BCUT2D eigenvalue weighted by atomic mass is 9.93. The molecule has 1 aromatic heterocycles. The Kier molecular flexibility index (Phi) is 3.09. The molecular formula is C20H18N4O2. The number of fused-ring (bicyclic) bond motifs is 1. The number of benzene rings is 2. The molecule has 3 N–H and O–H groups in total. The van der Waals surface area contributed by atoms with Crippen LogP contribution in [0.25, 0.3) is 11.1 Å². The van der Waals surface area contributed by atoms with Crippen LogP contribution < -0.4 is 10.2 Å². The van der Waals surface area contributed by atoms with Gasteiger partial charge in [0.2, 0.25) is 0 Å². The molecule has 0 bridgehead atoms. The SMILES string of the molecule is O=C1N(c2ccc(-c3cn[nH]c3)cc2)CCC12Cc1ccc(O)cc1N2. The number of nitrogens with zero attached hydrogens (tertiary/aromatic N) is 2. The lowest BCUT2D eigenvalue weighted by Gasteiger charge is -2.24. The number of phenolic OH excluding ortho intramolecular Hbond substituents is 1. The number of hydrogen-bond donors (Lipinski definition) is 3. The van der Waals surface area contributed by atoms with E-state index in [4.69, 9.17) is 0 Å². The number of aromatic nitrogens is 2. The average Bonchev–Trinajstić information content (AvgIpc) is 3.36. The van der Waals surface area contributed by atoms with Gasteiger partial charge in [0.15, 0.2) is 0 Å². The maximum absolute atomic E-state index is 13.2.